The summed E-state index contributed by atoms with van der Waals surface area (Å²) in [4.78, 5) is 21.4. The standard InChI is InChI=1S/C23H23N3O2/c1-3-4-5-6-7-14-28-19-11-8-10-18(16-19)25-23(27)22-17(2)15-21-20(26-22)12-9-13-24-21/h1,8-13,15-16H,4-7,14H2,2H3,(H,25,27). The third-order valence-electron chi connectivity index (χ3n) is 4.32. The molecule has 2 aromatic heterocycles. The van der Waals surface area contributed by atoms with Crippen molar-refractivity contribution in [3.05, 3.63) is 59.9 Å². The van der Waals surface area contributed by atoms with E-state index in [0.717, 1.165) is 42.5 Å². The molecule has 0 spiro atoms. The van der Waals surface area contributed by atoms with Crippen molar-refractivity contribution in [1.82, 2.24) is 9.97 Å². The number of carbonyl (C=O) groups is 1. The van der Waals surface area contributed by atoms with Crippen molar-refractivity contribution in [2.75, 3.05) is 11.9 Å². The largest absolute Gasteiger partial charge is 0.494 e. The predicted molar refractivity (Wildman–Crippen MR) is 111 cm³/mol. The number of pyridine rings is 2. The molecule has 5 heteroatoms. The molecular formula is C23H23N3O2. The number of unbranched alkanes of at least 4 members (excludes halogenated alkanes) is 3. The van der Waals surface area contributed by atoms with E-state index >= 15 is 0 Å². The Labute approximate surface area is 165 Å². The van der Waals surface area contributed by atoms with E-state index in [9.17, 15) is 4.79 Å². The zero-order valence-electron chi connectivity index (χ0n) is 15.9. The lowest BCUT2D eigenvalue weighted by Crippen LogP contribution is -2.15. The molecule has 0 atom stereocenters. The molecule has 0 aliphatic rings. The molecular weight excluding hydrogens is 350 g/mol. The van der Waals surface area contributed by atoms with Crippen LogP contribution in [0.15, 0.2) is 48.7 Å². The first-order valence-electron chi connectivity index (χ1n) is 9.37. The molecule has 142 valence electrons. The molecule has 0 aliphatic carbocycles. The van der Waals surface area contributed by atoms with E-state index in [-0.39, 0.29) is 5.91 Å². The Kier molecular flexibility index (Phi) is 6.59. The van der Waals surface area contributed by atoms with Crippen molar-refractivity contribution in [3.63, 3.8) is 0 Å². The second kappa shape index (κ2) is 9.52. The summed E-state index contributed by atoms with van der Waals surface area (Å²) in [6, 6.07) is 12.9. The van der Waals surface area contributed by atoms with Crippen LogP contribution < -0.4 is 10.1 Å². The van der Waals surface area contributed by atoms with E-state index in [1.54, 1.807) is 12.3 Å². The SMILES string of the molecule is C#CCCCCCOc1cccc(NC(=O)c2nc3cccnc3cc2C)c1. The highest BCUT2D eigenvalue weighted by Gasteiger charge is 2.13. The molecule has 1 amide bonds. The zero-order valence-corrected chi connectivity index (χ0v) is 15.9. The number of rotatable bonds is 8. The van der Waals surface area contributed by atoms with Gasteiger partial charge in [-0.15, -0.1) is 12.3 Å². The maximum atomic E-state index is 12.7. The number of benzene rings is 1. The minimum atomic E-state index is -0.255. The maximum absolute atomic E-state index is 12.7. The van der Waals surface area contributed by atoms with Crippen LogP contribution in [-0.4, -0.2) is 22.5 Å². The van der Waals surface area contributed by atoms with Crippen LogP contribution in [-0.2, 0) is 0 Å². The van der Waals surface area contributed by atoms with Crippen molar-refractivity contribution in [1.29, 1.82) is 0 Å². The van der Waals surface area contributed by atoms with Gasteiger partial charge in [0.2, 0.25) is 0 Å². The summed E-state index contributed by atoms with van der Waals surface area (Å²) in [7, 11) is 0. The highest BCUT2D eigenvalue weighted by Crippen LogP contribution is 2.20. The number of nitrogens with one attached hydrogen (secondary N) is 1. The van der Waals surface area contributed by atoms with Crippen LogP contribution in [0.5, 0.6) is 5.75 Å². The van der Waals surface area contributed by atoms with Crippen LogP contribution >= 0.6 is 0 Å². The average molecular weight is 373 g/mol. The number of carbonyl (C=O) groups excluding carboxylic acids is 1. The van der Waals surface area contributed by atoms with Crippen LogP contribution in [0.2, 0.25) is 0 Å². The minimum absolute atomic E-state index is 0.255. The number of amides is 1. The van der Waals surface area contributed by atoms with Gasteiger partial charge in [0.1, 0.15) is 11.4 Å². The highest BCUT2D eigenvalue weighted by atomic mass is 16.5. The molecule has 0 saturated heterocycles. The van der Waals surface area contributed by atoms with Gasteiger partial charge in [-0.25, -0.2) is 4.98 Å². The lowest BCUT2D eigenvalue weighted by atomic mass is 10.1. The summed E-state index contributed by atoms with van der Waals surface area (Å²) in [5.41, 5.74) is 3.31. The summed E-state index contributed by atoms with van der Waals surface area (Å²) in [5.74, 6) is 3.11. The smallest absolute Gasteiger partial charge is 0.274 e. The lowest BCUT2D eigenvalue weighted by Gasteiger charge is -2.10. The minimum Gasteiger partial charge on any atom is -0.494 e. The fourth-order valence-electron chi connectivity index (χ4n) is 2.88. The monoisotopic (exact) mass is 373 g/mol. The van der Waals surface area contributed by atoms with Crippen LogP contribution in [0.3, 0.4) is 0 Å². The van der Waals surface area contributed by atoms with E-state index in [4.69, 9.17) is 11.2 Å². The first-order valence-corrected chi connectivity index (χ1v) is 9.37. The summed E-state index contributed by atoms with van der Waals surface area (Å²) >= 11 is 0. The Balaban J connectivity index is 1.63. The van der Waals surface area contributed by atoms with Crippen molar-refractivity contribution in [2.45, 2.75) is 32.6 Å². The first-order chi connectivity index (χ1) is 13.7. The first kappa shape index (κ1) is 19.4. The number of aromatic nitrogens is 2. The van der Waals surface area contributed by atoms with Crippen molar-refractivity contribution in [2.24, 2.45) is 0 Å². The van der Waals surface area contributed by atoms with Gasteiger partial charge in [-0.2, -0.15) is 0 Å². The van der Waals surface area contributed by atoms with Crippen LogP contribution in [0.4, 0.5) is 5.69 Å². The number of hydrogen-bond acceptors (Lipinski definition) is 4. The fourth-order valence-corrected chi connectivity index (χ4v) is 2.88. The molecule has 3 rings (SSSR count). The molecule has 1 N–H and O–H groups in total. The molecule has 28 heavy (non-hydrogen) atoms. The maximum Gasteiger partial charge on any atom is 0.274 e. The second-order valence-corrected chi connectivity index (χ2v) is 6.54. The zero-order chi connectivity index (χ0) is 19.8. The van der Waals surface area contributed by atoms with Crippen molar-refractivity contribution >= 4 is 22.6 Å². The summed E-state index contributed by atoms with van der Waals surface area (Å²) < 4.78 is 5.77. The number of aryl methyl sites for hydroxylation is 1. The fraction of sp³-hybridized carbons (Fsp3) is 0.261. The Morgan fingerprint density at radius 3 is 2.89 bits per heavy atom. The van der Waals surface area contributed by atoms with Crippen molar-refractivity contribution in [3.8, 4) is 18.1 Å². The number of anilines is 1. The molecule has 0 bridgehead atoms. The quantitative estimate of drug-likeness (QED) is 0.457. The van der Waals surface area contributed by atoms with Gasteiger partial charge in [-0.1, -0.05) is 6.07 Å². The number of hydrogen-bond donors (Lipinski definition) is 1. The van der Waals surface area contributed by atoms with E-state index < -0.39 is 0 Å². The van der Waals surface area contributed by atoms with Gasteiger partial charge in [0, 0.05) is 24.4 Å². The van der Waals surface area contributed by atoms with Crippen LogP contribution in [0.25, 0.3) is 11.0 Å². The van der Waals surface area contributed by atoms with Gasteiger partial charge < -0.3 is 10.1 Å². The van der Waals surface area contributed by atoms with Crippen molar-refractivity contribution < 1.29 is 9.53 Å². The molecule has 3 aromatic rings. The topological polar surface area (TPSA) is 64.1 Å². The molecule has 5 nitrogen and oxygen atoms in total. The van der Waals surface area contributed by atoms with E-state index in [2.05, 4.69) is 21.2 Å². The Morgan fingerprint density at radius 1 is 1.14 bits per heavy atom. The van der Waals surface area contributed by atoms with Gasteiger partial charge in [0.05, 0.1) is 17.6 Å². The molecule has 0 fully saturated rings. The summed E-state index contributed by atoms with van der Waals surface area (Å²) in [5, 5.41) is 2.90. The third kappa shape index (κ3) is 5.08. The van der Waals surface area contributed by atoms with Gasteiger partial charge in [0.25, 0.3) is 5.91 Å². The third-order valence-corrected chi connectivity index (χ3v) is 4.32. The average Bonchev–Trinajstić information content (AvgIpc) is 2.70. The molecule has 0 saturated carbocycles. The van der Waals surface area contributed by atoms with E-state index in [1.165, 1.54) is 0 Å². The lowest BCUT2D eigenvalue weighted by molar-refractivity contribution is 0.102. The van der Waals surface area contributed by atoms with Gasteiger partial charge in [-0.05, 0) is 62.1 Å². The molecule has 0 radical (unpaired) electrons. The molecule has 1 aromatic carbocycles. The van der Waals surface area contributed by atoms with E-state index in [1.807, 2.05) is 43.3 Å². The summed E-state index contributed by atoms with van der Waals surface area (Å²) in [6.07, 6.45) is 10.8. The second-order valence-electron chi connectivity index (χ2n) is 6.54. The number of nitrogens with zero attached hydrogens (tertiary/aromatic N) is 2. The molecule has 0 aliphatic heterocycles. The normalized spacial score (nSPS) is 10.4. The molecule has 0 unspecified atom stereocenters. The van der Waals surface area contributed by atoms with E-state index in [0.29, 0.717) is 23.5 Å². The highest BCUT2D eigenvalue weighted by molar-refractivity contribution is 6.05. The summed E-state index contributed by atoms with van der Waals surface area (Å²) in [6.45, 7) is 2.48. The Bertz CT molecular complexity index is 1010. The number of terminal acetylenes is 1. The predicted octanol–water partition coefficient (Wildman–Crippen LogP) is 4.76. The molecule has 2 heterocycles. The van der Waals surface area contributed by atoms with Gasteiger partial charge in [0.15, 0.2) is 0 Å². The van der Waals surface area contributed by atoms with Crippen LogP contribution in [0, 0.1) is 19.3 Å². The number of fused-ring (bicyclic) bond motifs is 1. The Hall–Kier alpha value is -3.39. The Morgan fingerprint density at radius 2 is 2.04 bits per heavy atom. The van der Waals surface area contributed by atoms with Gasteiger partial charge >= 0.3 is 0 Å². The van der Waals surface area contributed by atoms with Crippen LogP contribution in [0.1, 0.15) is 41.7 Å². The number of ether oxygens (including phenoxy) is 1. The van der Waals surface area contributed by atoms with Gasteiger partial charge in [-0.3, -0.25) is 9.78 Å².